The average Bonchev–Trinajstić information content (AvgIpc) is 2.37. The van der Waals surface area contributed by atoms with Crippen molar-refractivity contribution in [2.75, 3.05) is 5.32 Å². The van der Waals surface area contributed by atoms with Crippen molar-refractivity contribution < 1.29 is 14.6 Å². The number of hydrogen-bond donors (Lipinski definition) is 2. The molecule has 0 fully saturated rings. The number of aliphatic hydroxyl groups is 1. The van der Waals surface area contributed by atoms with Crippen LogP contribution in [-0.2, 0) is 4.79 Å². The molecule has 0 saturated carbocycles. The minimum absolute atomic E-state index is 0.109. The molecule has 1 atom stereocenters. The summed E-state index contributed by atoms with van der Waals surface area (Å²) >= 11 is 0. The number of benzene rings is 1. The Labute approximate surface area is 107 Å². The number of ether oxygens (including phenoxy) is 1. The van der Waals surface area contributed by atoms with Crippen LogP contribution in [0.5, 0.6) is 5.75 Å². The van der Waals surface area contributed by atoms with E-state index in [1.807, 2.05) is 19.9 Å². The Morgan fingerprint density at radius 3 is 2.61 bits per heavy atom. The lowest BCUT2D eigenvalue weighted by Gasteiger charge is -2.36. The van der Waals surface area contributed by atoms with E-state index in [1.54, 1.807) is 19.1 Å². The van der Waals surface area contributed by atoms with E-state index < -0.39 is 11.7 Å². The maximum Gasteiger partial charge on any atom is 0.268 e. The summed E-state index contributed by atoms with van der Waals surface area (Å²) in [5, 5.41) is 12.4. The molecule has 1 aromatic carbocycles. The van der Waals surface area contributed by atoms with Gasteiger partial charge in [0.2, 0.25) is 0 Å². The van der Waals surface area contributed by atoms with Crippen molar-refractivity contribution in [3.63, 3.8) is 0 Å². The molecule has 1 heterocycles. The van der Waals surface area contributed by atoms with Gasteiger partial charge in [0.25, 0.3) is 5.91 Å². The third kappa shape index (κ3) is 1.97. The average molecular weight is 249 g/mol. The van der Waals surface area contributed by atoms with E-state index in [2.05, 4.69) is 5.32 Å². The second-order valence-corrected chi connectivity index (χ2v) is 4.69. The van der Waals surface area contributed by atoms with E-state index in [9.17, 15) is 9.90 Å². The van der Waals surface area contributed by atoms with E-state index in [1.165, 1.54) is 0 Å². The Balaban J connectivity index is 2.39. The summed E-state index contributed by atoms with van der Waals surface area (Å²) in [7, 11) is 0. The molecule has 0 radical (unpaired) electrons. The van der Waals surface area contributed by atoms with Gasteiger partial charge in [-0.2, -0.15) is 0 Å². The normalized spacial score (nSPS) is 18.6. The molecular formula is C14H19NO3. The standard InChI is InChI=1S/C14H19NO3/c1-4-14(5-2)13(17)15-11-8-10(9(3)16)6-7-12(11)18-14/h6-9,16H,4-5H2,1-3H3,(H,15,17). The van der Waals surface area contributed by atoms with Gasteiger partial charge in [-0.3, -0.25) is 4.79 Å². The number of amides is 1. The van der Waals surface area contributed by atoms with Crippen molar-refractivity contribution >= 4 is 11.6 Å². The molecule has 2 N–H and O–H groups in total. The quantitative estimate of drug-likeness (QED) is 0.865. The largest absolute Gasteiger partial charge is 0.475 e. The van der Waals surface area contributed by atoms with Crippen LogP contribution >= 0.6 is 0 Å². The second kappa shape index (κ2) is 4.61. The van der Waals surface area contributed by atoms with Crippen molar-refractivity contribution in [2.24, 2.45) is 0 Å². The highest BCUT2D eigenvalue weighted by atomic mass is 16.5. The molecular weight excluding hydrogens is 230 g/mol. The smallest absolute Gasteiger partial charge is 0.268 e. The Hall–Kier alpha value is -1.55. The van der Waals surface area contributed by atoms with Crippen LogP contribution in [-0.4, -0.2) is 16.6 Å². The fourth-order valence-electron chi connectivity index (χ4n) is 2.20. The molecule has 1 aliphatic heterocycles. The highest BCUT2D eigenvalue weighted by Gasteiger charge is 2.41. The van der Waals surface area contributed by atoms with Crippen LogP contribution in [0.25, 0.3) is 0 Å². The van der Waals surface area contributed by atoms with Crippen LogP contribution in [0.2, 0.25) is 0 Å². The van der Waals surface area contributed by atoms with Gasteiger partial charge in [0, 0.05) is 0 Å². The van der Waals surface area contributed by atoms with Gasteiger partial charge in [0.15, 0.2) is 5.60 Å². The predicted molar refractivity (Wildman–Crippen MR) is 69.6 cm³/mol. The third-order valence-corrected chi connectivity index (χ3v) is 3.60. The molecule has 1 aliphatic rings. The van der Waals surface area contributed by atoms with E-state index in [0.29, 0.717) is 24.3 Å². The van der Waals surface area contributed by atoms with Gasteiger partial charge in [0.05, 0.1) is 11.8 Å². The maximum atomic E-state index is 12.1. The molecule has 98 valence electrons. The number of nitrogens with one attached hydrogen (secondary N) is 1. The molecule has 0 saturated heterocycles. The zero-order chi connectivity index (χ0) is 13.3. The number of hydrogen-bond acceptors (Lipinski definition) is 3. The Bertz CT molecular complexity index is 464. The van der Waals surface area contributed by atoms with Crippen molar-refractivity contribution in [1.82, 2.24) is 0 Å². The van der Waals surface area contributed by atoms with Gasteiger partial charge in [0.1, 0.15) is 5.75 Å². The lowest BCUT2D eigenvalue weighted by Crippen LogP contribution is -2.49. The highest BCUT2D eigenvalue weighted by molar-refractivity contribution is 6.00. The van der Waals surface area contributed by atoms with Crippen molar-refractivity contribution in [2.45, 2.75) is 45.3 Å². The SMILES string of the molecule is CCC1(CC)Oc2ccc(C(C)O)cc2NC1=O. The summed E-state index contributed by atoms with van der Waals surface area (Å²) in [6.07, 6.45) is 0.705. The molecule has 1 amide bonds. The summed E-state index contributed by atoms with van der Waals surface area (Å²) < 4.78 is 5.87. The maximum absolute atomic E-state index is 12.1. The number of rotatable bonds is 3. The number of aliphatic hydroxyl groups excluding tert-OH is 1. The van der Waals surface area contributed by atoms with Gasteiger partial charge in [-0.25, -0.2) is 0 Å². The summed E-state index contributed by atoms with van der Waals surface area (Å²) in [5.74, 6) is 0.561. The summed E-state index contributed by atoms with van der Waals surface area (Å²) in [5.41, 5.74) is 0.633. The third-order valence-electron chi connectivity index (χ3n) is 3.60. The fourth-order valence-corrected chi connectivity index (χ4v) is 2.20. The van der Waals surface area contributed by atoms with Crippen LogP contribution in [0.1, 0.15) is 45.3 Å². The van der Waals surface area contributed by atoms with Crippen LogP contribution in [0.3, 0.4) is 0 Å². The molecule has 2 rings (SSSR count). The number of fused-ring (bicyclic) bond motifs is 1. The van der Waals surface area contributed by atoms with Crippen molar-refractivity contribution in [1.29, 1.82) is 0 Å². The van der Waals surface area contributed by atoms with E-state index in [0.717, 1.165) is 5.56 Å². The van der Waals surface area contributed by atoms with Crippen LogP contribution in [0.4, 0.5) is 5.69 Å². The molecule has 0 bridgehead atoms. The Morgan fingerprint density at radius 1 is 1.39 bits per heavy atom. The number of carbonyl (C=O) groups is 1. The van der Waals surface area contributed by atoms with E-state index in [4.69, 9.17) is 4.74 Å². The van der Waals surface area contributed by atoms with Crippen molar-refractivity contribution in [3.05, 3.63) is 23.8 Å². The van der Waals surface area contributed by atoms with Gasteiger partial charge in [-0.15, -0.1) is 0 Å². The zero-order valence-electron chi connectivity index (χ0n) is 11.0. The molecule has 1 aromatic rings. The van der Waals surface area contributed by atoms with Gasteiger partial charge in [-0.1, -0.05) is 19.9 Å². The lowest BCUT2D eigenvalue weighted by atomic mass is 9.93. The lowest BCUT2D eigenvalue weighted by molar-refractivity contribution is -0.133. The predicted octanol–water partition coefficient (Wildman–Crippen LogP) is 2.63. The zero-order valence-corrected chi connectivity index (χ0v) is 11.0. The van der Waals surface area contributed by atoms with Crippen LogP contribution in [0.15, 0.2) is 18.2 Å². The molecule has 4 nitrogen and oxygen atoms in total. The summed E-state index contributed by atoms with van der Waals surface area (Å²) in [6.45, 7) is 5.58. The van der Waals surface area contributed by atoms with Gasteiger partial charge < -0.3 is 15.2 Å². The van der Waals surface area contributed by atoms with Crippen molar-refractivity contribution in [3.8, 4) is 5.75 Å². The minimum Gasteiger partial charge on any atom is -0.475 e. The topological polar surface area (TPSA) is 58.6 Å². The fraction of sp³-hybridized carbons (Fsp3) is 0.500. The first-order valence-corrected chi connectivity index (χ1v) is 6.35. The number of anilines is 1. The minimum atomic E-state index is -0.765. The Morgan fingerprint density at radius 2 is 2.06 bits per heavy atom. The van der Waals surface area contributed by atoms with E-state index in [-0.39, 0.29) is 5.91 Å². The molecule has 1 unspecified atom stereocenters. The monoisotopic (exact) mass is 249 g/mol. The first kappa shape index (κ1) is 12.9. The molecule has 0 aromatic heterocycles. The Kier molecular flexibility index (Phi) is 3.30. The molecule has 18 heavy (non-hydrogen) atoms. The van der Waals surface area contributed by atoms with E-state index >= 15 is 0 Å². The molecule has 0 aliphatic carbocycles. The molecule has 0 spiro atoms. The molecule has 4 heteroatoms. The van der Waals surface area contributed by atoms with Crippen LogP contribution < -0.4 is 10.1 Å². The van der Waals surface area contributed by atoms with Gasteiger partial charge >= 0.3 is 0 Å². The highest BCUT2D eigenvalue weighted by Crippen LogP contribution is 2.38. The number of carbonyl (C=O) groups excluding carboxylic acids is 1. The summed E-state index contributed by atoms with van der Waals surface area (Å²) in [6, 6.07) is 5.38. The van der Waals surface area contributed by atoms with Crippen LogP contribution in [0, 0.1) is 0 Å². The first-order valence-electron chi connectivity index (χ1n) is 6.35. The summed E-state index contributed by atoms with van der Waals surface area (Å²) in [4.78, 5) is 12.1. The second-order valence-electron chi connectivity index (χ2n) is 4.69. The first-order chi connectivity index (χ1) is 8.52. The van der Waals surface area contributed by atoms with Gasteiger partial charge in [-0.05, 0) is 37.5 Å².